The Morgan fingerprint density at radius 2 is 2.05 bits per heavy atom. The second-order valence-electron chi connectivity index (χ2n) is 4.15. The number of furan rings is 1. The van der Waals surface area contributed by atoms with E-state index in [9.17, 15) is 4.79 Å². The lowest BCUT2D eigenvalue weighted by molar-refractivity contribution is 0.110. The fourth-order valence-corrected chi connectivity index (χ4v) is 2.52. The van der Waals surface area contributed by atoms with Crippen LogP contribution in [-0.2, 0) is 0 Å². The third kappa shape index (κ3) is 2.35. The number of benzene rings is 1. The van der Waals surface area contributed by atoms with Crippen molar-refractivity contribution in [3.8, 4) is 22.6 Å². The van der Waals surface area contributed by atoms with E-state index < -0.39 is 0 Å². The topological polar surface area (TPSA) is 43.1 Å². The zero-order chi connectivity index (χ0) is 13.2. The lowest BCUT2D eigenvalue weighted by Crippen LogP contribution is -1.80. The van der Waals surface area contributed by atoms with Crippen LogP contribution >= 0.6 is 11.3 Å². The third-order valence-corrected chi connectivity index (χ3v) is 3.58. The highest BCUT2D eigenvalue weighted by molar-refractivity contribution is 7.09. The first-order chi connectivity index (χ1) is 9.26. The van der Waals surface area contributed by atoms with E-state index in [1.165, 1.54) is 0 Å². The highest BCUT2D eigenvalue weighted by Crippen LogP contribution is 2.28. The second kappa shape index (κ2) is 4.82. The Labute approximate surface area is 114 Å². The van der Waals surface area contributed by atoms with Crippen LogP contribution in [0.4, 0.5) is 0 Å². The smallest absolute Gasteiger partial charge is 0.185 e. The molecule has 0 saturated heterocycles. The van der Waals surface area contributed by atoms with E-state index in [0.29, 0.717) is 17.8 Å². The SMILES string of the molecule is Cc1nc(-c2cccc(-c3ccc(C=O)o3)c2)cs1. The largest absolute Gasteiger partial charge is 0.453 e. The Hall–Kier alpha value is -2.20. The van der Waals surface area contributed by atoms with Crippen molar-refractivity contribution >= 4 is 17.6 Å². The number of aldehydes is 1. The van der Waals surface area contributed by atoms with Gasteiger partial charge in [0, 0.05) is 16.5 Å². The molecule has 2 aromatic heterocycles. The summed E-state index contributed by atoms with van der Waals surface area (Å²) in [4.78, 5) is 15.1. The zero-order valence-corrected chi connectivity index (χ0v) is 11.1. The quantitative estimate of drug-likeness (QED) is 0.669. The van der Waals surface area contributed by atoms with E-state index in [1.807, 2.05) is 36.6 Å². The summed E-state index contributed by atoms with van der Waals surface area (Å²) in [5, 5.41) is 3.08. The van der Waals surface area contributed by atoms with Gasteiger partial charge in [0.2, 0.25) is 0 Å². The molecule has 0 N–H and O–H groups in total. The first kappa shape index (κ1) is 11.9. The summed E-state index contributed by atoms with van der Waals surface area (Å²) in [5.74, 6) is 1.03. The van der Waals surface area contributed by atoms with Crippen LogP contribution in [0.5, 0.6) is 0 Å². The summed E-state index contributed by atoms with van der Waals surface area (Å²) >= 11 is 1.63. The van der Waals surface area contributed by atoms with E-state index in [-0.39, 0.29) is 0 Å². The van der Waals surface area contributed by atoms with Crippen molar-refractivity contribution in [2.24, 2.45) is 0 Å². The molecule has 19 heavy (non-hydrogen) atoms. The van der Waals surface area contributed by atoms with Gasteiger partial charge in [-0.05, 0) is 25.1 Å². The van der Waals surface area contributed by atoms with Gasteiger partial charge in [0.1, 0.15) is 5.76 Å². The van der Waals surface area contributed by atoms with Gasteiger partial charge in [-0.3, -0.25) is 4.79 Å². The lowest BCUT2D eigenvalue weighted by atomic mass is 10.1. The van der Waals surface area contributed by atoms with Crippen molar-refractivity contribution in [2.45, 2.75) is 6.92 Å². The van der Waals surface area contributed by atoms with Gasteiger partial charge in [-0.1, -0.05) is 18.2 Å². The molecule has 0 unspecified atom stereocenters. The highest BCUT2D eigenvalue weighted by atomic mass is 32.1. The number of carbonyl (C=O) groups is 1. The summed E-state index contributed by atoms with van der Waals surface area (Å²) < 4.78 is 5.43. The molecule has 1 aromatic carbocycles. The maximum absolute atomic E-state index is 10.6. The van der Waals surface area contributed by atoms with Crippen LogP contribution in [0, 0.1) is 6.92 Å². The molecule has 0 atom stereocenters. The van der Waals surface area contributed by atoms with Crippen LogP contribution in [0.3, 0.4) is 0 Å². The maximum Gasteiger partial charge on any atom is 0.185 e. The van der Waals surface area contributed by atoms with Crippen molar-refractivity contribution < 1.29 is 9.21 Å². The molecule has 2 heterocycles. The summed E-state index contributed by atoms with van der Waals surface area (Å²) in [6.07, 6.45) is 0.705. The molecule has 3 nitrogen and oxygen atoms in total. The Morgan fingerprint density at radius 1 is 1.21 bits per heavy atom. The van der Waals surface area contributed by atoms with Crippen LogP contribution in [0.1, 0.15) is 15.6 Å². The number of aryl methyl sites for hydroxylation is 1. The minimum atomic E-state index is 0.338. The van der Waals surface area contributed by atoms with Gasteiger partial charge in [-0.25, -0.2) is 4.98 Å². The van der Waals surface area contributed by atoms with Crippen LogP contribution in [0.15, 0.2) is 46.2 Å². The molecule has 0 aliphatic heterocycles. The standard InChI is InChI=1S/C15H11NO2S/c1-10-16-14(9-19-10)11-3-2-4-12(7-11)15-6-5-13(8-17)18-15/h2-9H,1H3. The molecular formula is C15H11NO2S. The fourth-order valence-electron chi connectivity index (χ4n) is 1.90. The predicted molar refractivity (Wildman–Crippen MR) is 75.4 cm³/mol. The number of nitrogens with zero attached hydrogens (tertiary/aromatic N) is 1. The van der Waals surface area contributed by atoms with E-state index in [2.05, 4.69) is 4.98 Å². The molecule has 0 spiro atoms. The summed E-state index contributed by atoms with van der Waals surface area (Å²) in [7, 11) is 0. The van der Waals surface area contributed by atoms with E-state index in [4.69, 9.17) is 4.42 Å². The highest BCUT2D eigenvalue weighted by Gasteiger charge is 2.07. The van der Waals surface area contributed by atoms with Crippen molar-refractivity contribution in [1.82, 2.24) is 4.98 Å². The number of rotatable bonds is 3. The van der Waals surface area contributed by atoms with E-state index in [0.717, 1.165) is 21.8 Å². The molecule has 3 rings (SSSR count). The van der Waals surface area contributed by atoms with Crippen LogP contribution in [-0.4, -0.2) is 11.3 Å². The Kier molecular flexibility index (Phi) is 3.01. The summed E-state index contributed by atoms with van der Waals surface area (Å²) in [5.41, 5.74) is 2.95. The predicted octanol–water partition coefficient (Wildman–Crippen LogP) is 4.19. The molecule has 0 saturated carbocycles. The minimum absolute atomic E-state index is 0.338. The molecule has 0 bridgehead atoms. The van der Waals surface area contributed by atoms with Gasteiger partial charge in [-0.15, -0.1) is 11.3 Å². The van der Waals surface area contributed by atoms with Crippen LogP contribution in [0.2, 0.25) is 0 Å². The molecule has 0 radical (unpaired) electrons. The second-order valence-corrected chi connectivity index (χ2v) is 5.21. The van der Waals surface area contributed by atoms with Crippen molar-refractivity contribution in [2.75, 3.05) is 0 Å². The minimum Gasteiger partial charge on any atom is -0.453 e. The molecular weight excluding hydrogens is 258 g/mol. The van der Waals surface area contributed by atoms with Crippen LogP contribution in [0.25, 0.3) is 22.6 Å². The number of thiazole rings is 1. The van der Waals surface area contributed by atoms with Gasteiger partial charge < -0.3 is 4.42 Å². The zero-order valence-electron chi connectivity index (χ0n) is 10.3. The van der Waals surface area contributed by atoms with E-state index in [1.54, 1.807) is 23.5 Å². The van der Waals surface area contributed by atoms with Crippen molar-refractivity contribution in [3.05, 3.63) is 52.5 Å². The normalized spacial score (nSPS) is 10.6. The monoisotopic (exact) mass is 269 g/mol. The number of hydrogen-bond acceptors (Lipinski definition) is 4. The Morgan fingerprint density at radius 3 is 2.74 bits per heavy atom. The van der Waals surface area contributed by atoms with Crippen LogP contribution < -0.4 is 0 Å². The molecule has 3 aromatic rings. The summed E-state index contributed by atoms with van der Waals surface area (Å²) in [6.45, 7) is 1.99. The van der Waals surface area contributed by atoms with Gasteiger partial charge in [0.05, 0.1) is 10.7 Å². The molecule has 0 aliphatic rings. The van der Waals surface area contributed by atoms with Gasteiger partial charge in [0.15, 0.2) is 12.0 Å². The molecule has 0 aliphatic carbocycles. The van der Waals surface area contributed by atoms with Crippen molar-refractivity contribution in [1.29, 1.82) is 0 Å². The molecule has 94 valence electrons. The third-order valence-electron chi connectivity index (χ3n) is 2.80. The Bertz CT molecular complexity index is 727. The molecule has 0 fully saturated rings. The Balaban J connectivity index is 2.02. The number of hydrogen-bond donors (Lipinski definition) is 0. The summed E-state index contributed by atoms with van der Waals surface area (Å²) in [6, 6.07) is 11.4. The average Bonchev–Trinajstić information content (AvgIpc) is 3.07. The fraction of sp³-hybridized carbons (Fsp3) is 0.0667. The van der Waals surface area contributed by atoms with E-state index >= 15 is 0 Å². The van der Waals surface area contributed by atoms with Gasteiger partial charge in [0.25, 0.3) is 0 Å². The van der Waals surface area contributed by atoms with Crippen molar-refractivity contribution in [3.63, 3.8) is 0 Å². The maximum atomic E-state index is 10.6. The van der Waals surface area contributed by atoms with Gasteiger partial charge >= 0.3 is 0 Å². The molecule has 4 heteroatoms. The molecule has 0 amide bonds. The first-order valence-corrected chi connectivity index (χ1v) is 6.72. The first-order valence-electron chi connectivity index (χ1n) is 5.84. The lowest BCUT2D eigenvalue weighted by Gasteiger charge is -2.00. The average molecular weight is 269 g/mol. The number of carbonyl (C=O) groups excluding carboxylic acids is 1. The number of aromatic nitrogens is 1. The van der Waals surface area contributed by atoms with Gasteiger partial charge in [-0.2, -0.15) is 0 Å².